The quantitative estimate of drug-likeness (QED) is 0.173. The highest BCUT2D eigenvalue weighted by atomic mass is 15.2. The highest BCUT2D eigenvalue weighted by Crippen LogP contribution is 2.40. The number of fused-ring (bicyclic) bond motifs is 4. The molecule has 0 aliphatic carbocycles. The Morgan fingerprint density at radius 1 is 0.370 bits per heavy atom. The molecule has 1 atom stereocenters. The summed E-state index contributed by atoms with van der Waals surface area (Å²) in [7, 11) is 0. The lowest BCUT2D eigenvalue weighted by Gasteiger charge is -2.24. The second-order valence-corrected chi connectivity index (χ2v) is 13.8. The minimum absolute atomic E-state index is 0.315. The van der Waals surface area contributed by atoms with Crippen LogP contribution in [0.5, 0.6) is 0 Å². The highest BCUT2D eigenvalue weighted by Gasteiger charge is 2.22. The van der Waals surface area contributed by atoms with Crippen LogP contribution in [0.2, 0.25) is 0 Å². The minimum atomic E-state index is -0.315. The highest BCUT2D eigenvalue weighted by molar-refractivity contribution is 6.13. The number of hydrogen-bond donors (Lipinski definition) is 1. The van der Waals surface area contributed by atoms with Gasteiger partial charge in [-0.05, 0) is 83.4 Å². The van der Waals surface area contributed by atoms with Gasteiger partial charge in [-0.25, -0.2) is 9.98 Å². The van der Waals surface area contributed by atoms with Gasteiger partial charge in [0, 0.05) is 11.1 Å². The van der Waals surface area contributed by atoms with Gasteiger partial charge in [0.15, 0.2) is 5.84 Å². The third kappa shape index (κ3) is 5.82. The van der Waals surface area contributed by atoms with Gasteiger partial charge in [0.25, 0.3) is 0 Å². The SMILES string of the molecule is c1ccc(C2=NC(c3cccc(-c4ccccc4)c3)=NC(c3ccc(-c4c(-c5ccc6c(ccc7ccccc76)c5)ccc5ccccc45)cc3)N2)cc1. The molecule has 10 rings (SSSR count). The molecule has 9 aromatic carbocycles. The molecule has 3 heteroatoms. The van der Waals surface area contributed by atoms with E-state index in [4.69, 9.17) is 9.98 Å². The molecule has 1 heterocycles. The van der Waals surface area contributed by atoms with Crippen LogP contribution in [0.25, 0.3) is 65.7 Å². The van der Waals surface area contributed by atoms with Crippen LogP contribution < -0.4 is 5.32 Å². The molecule has 0 spiro atoms. The van der Waals surface area contributed by atoms with Gasteiger partial charge in [0.2, 0.25) is 0 Å². The molecule has 1 N–H and O–H groups in total. The number of benzene rings is 9. The molecule has 1 aliphatic heterocycles. The van der Waals surface area contributed by atoms with E-state index >= 15 is 0 Å². The number of nitrogens with zero attached hydrogens (tertiary/aromatic N) is 2. The monoisotopic (exact) mass is 689 g/mol. The zero-order chi connectivity index (χ0) is 35.8. The molecule has 0 fully saturated rings. The average Bonchev–Trinajstić information content (AvgIpc) is 3.26. The van der Waals surface area contributed by atoms with E-state index in [0.717, 1.165) is 33.7 Å². The molecule has 3 nitrogen and oxygen atoms in total. The van der Waals surface area contributed by atoms with E-state index in [1.807, 2.05) is 24.3 Å². The van der Waals surface area contributed by atoms with Gasteiger partial charge >= 0.3 is 0 Å². The fourth-order valence-electron chi connectivity index (χ4n) is 7.80. The normalized spacial score (nSPS) is 14.1. The maximum Gasteiger partial charge on any atom is 0.159 e. The number of aliphatic imine (C=N–C) groups is 2. The van der Waals surface area contributed by atoms with Crippen LogP contribution in [-0.4, -0.2) is 11.7 Å². The third-order valence-corrected chi connectivity index (χ3v) is 10.5. The average molecular weight is 690 g/mol. The number of hydrogen-bond acceptors (Lipinski definition) is 3. The molecule has 0 amide bonds. The zero-order valence-electron chi connectivity index (χ0n) is 29.5. The molecule has 0 radical (unpaired) electrons. The summed E-state index contributed by atoms with van der Waals surface area (Å²) in [5.74, 6) is 1.51. The first-order valence-corrected chi connectivity index (χ1v) is 18.4. The van der Waals surface area contributed by atoms with Crippen molar-refractivity contribution in [3.05, 3.63) is 217 Å². The first-order chi connectivity index (χ1) is 26.7. The Morgan fingerprint density at radius 3 is 1.76 bits per heavy atom. The van der Waals surface area contributed by atoms with Gasteiger partial charge in [-0.3, -0.25) is 0 Å². The van der Waals surface area contributed by atoms with Crippen LogP contribution in [-0.2, 0) is 0 Å². The van der Waals surface area contributed by atoms with Crippen molar-refractivity contribution in [2.45, 2.75) is 6.17 Å². The van der Waals surface area contributed by atoms with Gasteiger partial charge in [-0.1, -0.05) is 188 Å². The molecule has 1 unspecified atom stereocenters. The van der Waals surface area contributed by atoms with E-state index in [0.29, 0.717) is 5.84 Å². The molecule has 54 heavy (non-hydrogen) atoms. The Kier molecular flexibility index (Phi) is 7.88. The lowest BCUT2D eigenvalue weighted by molar-refractivity contribution is 0.674. The van der Waals surface area contributed by atoms with Crippen LogP contribution in [0.3, 0.4) is 0 Å². The van der Waals surface area contributed by atoms with Crippen LogP contribution in [0.4, 0.5) is 0 Å². The summed E-state index contributed by atoms with van der Waals surface area (Å²) in [5, 5.41) is 11.2. The van der Waals surface area contributed by atoms with Crippen molar-refractivity contribution in [3.63, 3.8) is 0 Å². The Hall–Kier alpha value is -7.10. The summed E-state index contributed by atoms with van der Waals surface area (Å²) < 4.78 is 0. The van der Waals surface area contributed by atoms with Gasteiger partial charge < -0.3 is 5.32 Å². The zero-order valence-corrected chi connectivity index (χ0v) is 29.5. The first-order valence-electron chi connectivity index (χ1n) is 18.4. The smallest absolute Gasteiger partial charge is 0.159 e. The lowest BCUT2D eigenvalue weighted by Crippen LogP contribution is -2.33. The van der Waals surface area contributed by atoms with Gasteiger partial charge in [-0.15, -0.1) is 0 Å². The maximum absolute atomic E-state index is 5.22. The molecule has 254 valence electrons. The summed E-state index contributed by atoms with van der Waals surface area (Å²) >= 11 is 0. The third-order valence-electron chi connectivity index (χ3n) is 10.5. The summed E-state index contributed by atoms with van der Waals surface area (Å²) in [6.45, 7) is 0. The second-order valence-electron chi connectivity index (χ2n) is 13.8. The summed E-state index contributed by atoms with van der Waals surface area (Å²) in [6.07, 6.45) is -0.315. The van der Waals surface area contributed by atoms with E-state index in [1.54, 1.807) is 0 Å². The maximum atomic E-state index is 5.22. The molecular weight excluding hydrogens is 655 g/mol. The van der Waals surface area contributed by atoms with Crippen LogP contribution in [0, 0.1) is 0 Å². The molecule has 0 aromatic heterocycles. The van der Waals surface area contributed by atoms with Crippen molar-refractivity contribution in [1.29, 1.82) is 0 Å². The van der Waals surface area contributed by atoms with Crippen LogP contribution >= 0.6 is 0 Å². The van der Waals surface area contributed by atoms with E-state index in [-0.39, 0.29) is 6.17 Å². The summed E-state index contributed by atoms with van der Waals surface area (Å²) in [5.41, 5.74) is 10.2. The van der Waals surface area contributed by atoms with Crippen molar-refractivity contribution in [2.24, 2.45) is 9.98 Å². The van der Waals surface area contributed by atoms with Crippen molar-refractivity contribution in [2.75, 3.05) is 0 Å². The first kappa shape index (κ1) is 31.6. The molecule has 0 saturated carbocycles. The van der Waals surface area contributed by atoms with E-state index < -0.39 is 0 Å². The van der Waals surface area contributed by atoms with E-state index in [1.165, 1.54) is 54.6 Å². The van der Waals surface area contributed by atoms with Crippen molar-refractivity contribution >= 4 is 44.0 Å². The largest absolute Gasteiger partial charge is 0.344 e. The molecule has 9 aromatic rings. The van der Waals surface area contributed by atoms with E-state index in [2.05, 4.69) is 181 Å². The predicted octanol–water partition coefficient (Wildman–Crippen LogP) is 12.6. The van der Waals surface area contributed by atoms with Crippen molar-refractivity contribution in [1.82, 2.24) is 5.32 Å². The molecule has 0 saturated heterocycles. The Balaban J connectivity index is 1.06. The number of rotatable bonds is 6. The molecular formula is C51H35N3. The van der Waals surface area contributed by atoms with Crippen LogP contribution in [0.1, 0.15) is 22.9 Å². The Labute approximate surface area is 314 Å². The van der Waals surface area contributed by atoms with Gasteiger partial charge in [0.1, 0.15) is 12.0 Å². The summed E-state index contributed by atoms with van der Waals surface area (Å²) in [6, 6.07) is 71.3. The fourth-order valence-corrected chi connectivity index (χ4v) is 7.80. The van der Waals surface area contributed by atoms with E-state index in [9.17, 15) is 0 Å². The Bertz CT molecular complexity index is 2890. The van der Waals surface area contributed by atoms with Gasteiger partial charge in [0.05, 0.1) is 0 Å². The molecule has 0 bridgehead atoms. The number of nitrogens with one attached hydrogen (secondary N) is 1. The summed E-state index contributed by atoms with van der Waals surface area (Å²) in [4.78, 5) is 10.3. The fraction of sp³-hybridized carbons (Fsp3) is 0.0196. The topological polar surface area (TPSA) is 36.8 Å². The lowest BCUT2D eigenvalue weighted by atomic mass is 9.88. The van der Waals surface area contributed by atoms with Crippen LogP contribution in [0.15, 0.2) is 210 Å². The predicted molar refractivity (Wildman–Crippen MR) is 227 cm³/mol. The molecule has 1 aliphatic rings. The minimum Gasteiger partial charge on any atom is -0.344 e. The standard InChI is InChI=1S/C51H35N3/c1-3-12-34(13-4-1)40-18-11-19-43(32-40)51-53-49(38-16-5-2-6-17-38)52-50(54-51)39-25-23-37(24-26-39)48-46-21-10-8-15-36(46)28-31-47(48)42-29-30-45-41(33-42)27-22-35-14-7-9-20-44(35)45/h1-33,50H,(H,52,53,54). The number of amidine groups is 2. The van der Waals surface area contributed by atoms with Gasteiger partial charge in [-0.2, -0.15) is 0 Å². The Morgan fingerprint density at radius 2 is 0.963 bits per heavy atom. The second kappa shape index (κ2) is 13.5. The van der Waals surface area contributed by atoms with Crippen molar-refractivity contribution in [3.8, 4) is 33.4 Å². The van der Waals surface area contributed by atoms with Crippen molar-refractivity contribution < 1.29 is 0 Å².